The molecule has 1 aromatic heterocycles. The van der Waals surface area contributed by atoms with E-state index in [1.165, 1.54) is 6.20 Å². The number of carbonyl (C=O) groups excluding carboxylic acids is 1. The van der Waals surface area contributed by atoms with E-state index in [9.17, 15) is 4.79 Å². The molecule has 5 heteroatoms. The first-order valence-corrected chi connectivity index (χ1v) is 7.25. The van der Waals surface area contributed by atoms with Crippen LogP contribution >= 0.6 is 0 Å². The van der Waals surface area contributed by atoms with Gasteiger partial charge < -0.3 is 10.6 Å². The minimum absolute atomic E-state index is 0.00449. The summed E-state index contributed by atoms with van der Waals surface area (Å²) in [5.41, 5.74) is 2.01. The summed E-state index contributed by atoms with van der Waals surface area (Å²) in [5.74, 6) is 0.149. The fourth-order valence-electron chi connectivity index (χ4n) is 1.95. The number of pyridine rings is 1. The minimum atomic E-state index is -0.427. The maximum absolute atomic E-state index is 12.2. The van der Waals surface area contributed by atoms with Gasteiger partial charge in [0, 0.05) is 12.4 Å². The van der Waals surface area contributed by atoms with Crippen molar-refractivity contribution < 1.29 is 4.79 Å². The number of hydrogen-bond donors (Lipinski definition) is 2. The molecule has 0 spiro atoms. The normalized spacial score (nSPS) is 12.1. The van der Waals surface area contributed by atoms with Gasteiger partial charge in [-0.3, -0.25) is 4.79 Å². The van der Waals surface area contributed by atoms with Gasteiger partial charge in [0.2, 0.25) is 0 Å². The Morgan fingerprint density at radius 2 is 2.00 bits per heavy atom. The summed E-state index contributed by atoms with van der Waals surface area (Å²) >= 11 is 0. The van der Waals surface area contributed by atoms with Gasteiger partial charge in [-0.25, -0.2) is 4.98 Å². The Kier molecular flexibility index (Phi) is 5.48. The molecule has 2 rings (SSSR count). The predicted molar refractivity (Wildman–Crippen MR) is 89.3 cm³/mol. The topological polar surface area (TPSA) is 77.8 Å². The zero-order valence-electron chi connectivity index (χ0n) is 13.1. The molecule has 1 heterocycles. The number of aryl methyl sites for hydroxylation is 1. The van der Waals surface area contributed by atoms with E-state index in [-0.39, 0.29) is 11.6 Å². The van der Waals surface area contributed by atoms with E-state index in [1.807, 2.05) is 56.3 Å². The van der Waals surface area contributed by atoms with E-state index in [0.29, 0.717) is 5.82 Å². The van der Waals surface area contributed by atoms with Gasteiger partial charge in [0.05, 0.1) is 6.04 Å². The second kappa shape index (κ2) is 7.76. The first kappa shape index (κ1) is 16.2. The summed E-state index contributed by atoms with van der Waals surface area (Å²) in [6.45, 7) is 3.81. The summed E-state index contributed by atoms with van der Waals surface area (Å²) < 4.78 is 0. The summed E-state index contributed by atoms with van der Waals surface area (Å²) in [6.07, 6.45) is 3.07. The Bertz CT molecular complexity index is 730. The van der Waals surface area contributed by atoms with Crippen LogP contribution in [0.1, 0.15) is 24.1 Å². The Morgan fingerprint density at radius 3 is 2.61 bits per heavy atom. The molecule has 0 bridgehead atoms. The Labute approximate surface area is 135 Å². The van der Waals surface area contributed by atoms with Crippen LogP contribution in [0.4, 0.5) is 5.82 Å². The average molecular weight is 306 g/mol. The summed E-state index contributed by atoms with van der Waals surface area (Å²) in [6, 6.07) is 15.0. The zero-order chi connectivity index (χ0) is 16.7. The van der Waals surface area contributed by atoms with Crippen LogP contribution in [-0.4, -0.2) is 10.9 Å². The van der Waals surface area contributed by atoms with Crippen molar-refractivity contribution in [2.45, 2.75) is 19.9 Å². The maximum Gasteiger partial charge on any atom is 0.263 e. The van der Waals surface area contributed by atoms with Gasteiger partial charge in [0.15, 0.2) is 0 Å². The largest absolute Gasteiger partial charge is 0.345 e. The summed E-state index contributed by atoms with van der Waals surface area (Å²) in [7, 11) is 0. The van der Waals surface area contributed by atoms with Crippen molar-refractivity contribution in [1.29, 1.82) is 5.26 Å². The predicted octanol–water partition coefficient (Wildman–Crippen LogP) is 3.09. The van der Waals surface area contributed by atoms with Crippen LogP contribution in [0.2, 0.25) is 0 Å². The van der Waals surface area contributed by atoms with Crippen LogP contribution in [0.25, 0.3) is 0 Å². The maximum atomic E-state index is 12.2. The molecule has 2 aromatic rings. The highest BCUT2D eigenvalue weighted by Crippen LogP contribution is 2.12. The van der Waals surface area contributed by atoms with E-state index in [2.05, 4.69) is 15.6 Å². The molecule has 0 fully saturated rings. The number of benzene rings is 1. The van der Waals surface area contributed by atoms with Crippen molar-refractivity contribution in [2.75, 3.05) is 5.32 Å². The lowest BCUT2D eigenvalue weighted by Gasteiger charge is -2.13. The minimum Gasteiger partial charge on any atom is -0.345 e. The van der Waals surface area contributed by atoms with Gasteiger partial charge in [0.25, 0.3) is 5.91 Å². The van der Waals surface area contributed by atoms with Crippen molar-refractivity contribution in [2.24, 2.45) is 0 Å². The van der Waals surface area contributed by atoms with Gasteiger partial charge in [-0.2, -0.15) is 5.26 Å². The lowest BCUT2D eigenvalue weighted by atomic mass is 10.1. The molecule has 0 aliphatic rings. The van der Waals surface area contributed by atoms with Crippen LogP contribution in [0.15, 0.2) is 60.4 Å². The molecule has 1 atom stereocenters. The lowest BCUT2D eigenvalue weighted by Crippen LogP contribution is -2.28. The molecule has 0 saturated heterocycles. The van der Waals surface area contributed by atoms with Gasteiger partial charge in [-0.15, -0.1) is 0 Å². The molecule has 2 N–H and O–H groups in total. The first-order chi connectivity index (χ1) is 11.1. The number of rotatable bonds is 5. The van der Waals surface area contributed by atoms with E-state index < -0.39 is 5.91 Å². The molecule has 23 heavy (non-hydrogen) atoms. The molecular formula is C18H18N4O. The number of carbonyl (C=O) groups is 1. The fourth-order valence-corrected chi connectivity index (χ4v) is 1.95. The number of nitrogens with one attached hydrogen (secondary N) is 2. The highest BCUT2D eigenvalue weighted by atomic mass is 16.1. The van der Waals surface area contributed by atoms with Crippen molar-refractivity contribution in [3.8, 4) is 6.07 Å². The fraction of sp³-hybridized carbons (Fsp3) is 0.167. The van der Waals surface area contributed by atoms with E-state index in [0.717, 1.165) is 11.1 Å². The van der Waals surface area contributed by atoms with Gasteiger partial charge in [0.1, 0.15) is 17.5 Å². The Balaban J connectivity index is 2.02. The van der Waals surface area contributed by atoms with Crippen LogP contribution in [0.3, 0.4) is 0 Å². The second-order valence-electron chi connectivity index (χ2n) is 5.14. The summed E-state index contributed by atoms with van der Waals surface area (Å²) in [5, 5.41) is 14.8. The van der Waals surface area contributed by atoms with Crippen LogP contribution in [0, 0.1) is 18.3 Å². The standard InChI is InChI=1S/C18H18N4O/c1-13-8-9-17(20-11-13)21-12-16(10-19)18(23)22-14(2)15-6-4-3-5-7-15/h3-9,11-12,14H,1-2H3,(H,20,21)(H,22,23)/b16-12-. The number of aromatic nitrogens is 1. The highest BCUT2D eigenvalue weighted by molar-refractivity contribution is 5.97. The third-order valence-corrected chi connectivity index (χ3v) is 3.29. The van der Waals surface area contributed by atoms with Crippen LogP contribution < -0.4 is 10.6 Å². The number of amides is 1. The third kappa shape index (κ3) is 4.68. The molecule has 5 nitrogen and oxygen atoms in total. The van der Waals surface area contributed by atoms with Crippen LogP contribution in [-0.2, 0) is 4.79 Å². The number of hydrogen-bond acceptors (Lipinski definition) is 4. The van der Waals surface area contributed by atoms with Crippen molar-refractivity contribution in [3.63, 3.8) is 0 Å². The average Bonchev–Trinajstić information content (AvgIpc) is 2.58. The molecule has 0 aliphatic heterocycles. The Hall–Kier alpha value is -3.13. The molecule has 1 amide bonds. The number of nitrogens with zero attached hydrogens (tertiary/aromatic N) is 2. The zero-order valence-corrected chi connectivity index (χ0v) is 13.1. The van der Waals surface area contributed by atoms with E-state index >= 15 is 0 Å². The smallest absolute Gasteiger partial charge is 0.263 e. The molecule has 0 saturated carbocycles. The lowest BCUT2D eigenvalue weighted by molar-refractivity contribution is -0.117. The van der Waals surface area contributed by atoms with Gasteiger partial charge >= 0.3 is 0 Å². The number of anilines is 1. The van der Waals surface area contributed by atoms with Crippen LogP contribution in [0.5, 0.6) is 0 Å². The van der Waals surface area contributed by atoms with Gasteiger partial charge in [-0.05, 0) is 31.0 Å². The molecule has 116 valence electrons. The second-order valence-corrected chi connectivity index (χ2v) is 5.14. The quantitative estimate of drug-likeness (QED) is 0.657. The van der Waals surface area contributed by atoms with Crippen molar-refractivity contribution in [1.82, 2.24) is 10.3 Å². The molecule has 1 aromatic carbocycles. The Morgan fingerprint density at radius 1 is 1.26 bits per heavy atom. The highest BCUT2D eigenvalue weighted by Gasteiger charge is 2.13. The molecule has 0 radical (unpaired) electrons. The third-order valence-electron chi connectivity index (χ3n) is 3.29. The van der Waals surface area contributed by atoms with Crippen molar-refractivity contribution in [3.05, 3.63) is 71.6 Å². The van der Waals surface area contributed by atoms with E-state index in [4.69, 9.17) is 5.26 Å². The summed E-state index contributed by atoms with van der Waals surface area (Å²) in [4.78, 5) is 16.3. The molecule has 0 aliphatic carbocycles. The SMILES string of the molecule is Cc1ccc(N/C=C(/C#N)C(=O)NC(C)c2ccccc2)nc1. The molecule has 1 unspecified atom stereocenters. The van der Waals surface area contributed by atoms with Crippen molar-refractivity contribution >= 4 is 11.7 Å². The number of nitriles is 1. The molecular weight excluding hydrogens is 288 g/mol. The monoisotopic (exact) mass is 306 g/mol. The first-order valence-electron chi connectivity index (χ1n) is 7.25. The van der Waals surface area contributed by atoms with E-state index in [1.54, 1.807) is 12.3 Å². The van der Waals surface area contributed by atoms with Gasteiger partial charge in [-0.1, -0.05) is 36.4 Å².